The van der Waals surface area contributed by atoms with Crippen molar-refractivity contribution in [3.05, 3.63) is 53.6 Å². The van der Waals surface area contributed by atoms with Crippen LogP contribution in [0, 0.1) is 11.6 Å². The molecule has 0 bridgehead atoms. The number of nitrogens with two attached hydrogens (primary N) is 1. The summed E-state index contributed by atoms with van der Waals surface area (Å²) in [5.41, 5.74) is 6.67. The number of aromatic nitrogens is 5. The van der Waals surface area contributed by atoms with Gasteiger partial charge in [-0.05, 0) is 13.0 Å². The Morgan fingerprint density at radius 1 is 1.19 bits per heavy atom. The fraction of sp³-hybridized carbons (Fsp3) is 0.167. The third-order valence-electron chi connectivity index (χ3n) is 4.12. The van der Waals surface area contributed by atoms with Gasteiger partial charge in [-0.1, -0.05) is 18.2 Å². The molecule has 4 rings (SSSR count). The van der Waals surface area contributed by atoms with Gasteiger partial charge in [0.2, 0.25) is 5.95 Å². The van der Waals surface area contributed by atoms with Crippen LogP contribution in [0.25, 0.3) is 22.4 Å². The van der Waals surface area contributed by atoms with Crippen molar-refractivity contribution < 1.29 is 13.5 Å². The van der Waals surface area contributed by atoms with Gasteiger partial charge >= 0.3 is 0 Å². The van der Waals surface area contributed by atoms with E-state index in [1.54, 1.807) is 6.92 Å². The maximum absolute atomic E-state index is 14.4. The Labute approximate surface area is 152 Å². The molecule has 2 heterocycles. The molecule has 0 atom stereocenters. The first-order valence-electron chi connectivity index (χ1n) is 8.31. The number of nitrogen functional groups attached to an aromatic ring is 1. The van der Waals surface area contributed by atoms with Crippen LogP contribution in [-0.4, -0.2) is 31.6 Å². The Kier molecular flexibility index (Phi) is 4.19. The van der Waals surface area contributed by atoms with Crippen molar-refractivity contribution in [2.75, 3.05) is 12.3 Å². The van der Waals surface area contributed by atoms with Gasteiger partial charge in [0, 0.05) is 23.1 Å². The number of nitrogens with one attached hydrogen (secondary N) is 1. The van der Waals surface area contributed by atoms with E-state index in [1.807, 2.05) is 24.3 Å². The number of H-pyrrole nitrogens is 1. The molecule has 4 aromatic rings. The maximum atomic E-state index is 14.4. The van der Waals surface area contributed by atoms with Crippen LogP contribution in [0.15, 0.2) is 36.4 Å². The number of anilines is 1. The van der Waals surface area contributed by atoms with Crippen LogP contribution in [0.2, 0.25) is 0 Å². The Bertz CT molecular complexity index is 1100. The minimum atomic E-state index is -0.691. The Hall–Kier alpha value is -3.49. The molecular formula is C18H16F2N6O. The maximum Gasteiger partial charge on any atom is 0.239 e. The van der Waals surface area contributed by atoms with Crippen molar-refractivity contribution in [1.82, 2.24) is 25.0 Å². The second-order valence-corrected chi connectivity index (χ2v) is 5.86. The highest BCUT2D eigenvalue weighted by atomic mass is 19.1. The summed E-state index contributed by atoms with van der Waals surface area (Å²) < 4.78 is 35.6. The molecule has 0 spiro atoms. The zero-order valence-electron chi connectivity index (χ0n) is 14.4. The number of rotatable bonds is 5. The second kappa shape index (κ2) is 6.67. The summed E-state index contributed by atoms with van der Waals surface area (Å²) in [7, 11) is 0. The zero-order chi connectivity index (χ0) is 19.0. The lowest BCUT2D eigenvalue weighted by Crippen LogP contribution is -2.07. The predicted octanol–water partition coefficient (Wildman–Crippen LogP) is 3.13. The third-order valence-corrected chi connectivity index (χ3v) is 4.12. The topological polar surface area (TPSA) is 94.6 Å². The van der Waals surface area contributed by atoms with Crippen LogP contribution in [-0.2, 0) is 6.54 Å². The van der Waals surface area contributed by atoms with Gasteiger partial charge in [0.25, 0.3) is 0 Å². The minimum Gasteiger partial charge on any atom is -0.494 e. The zero-order valence-corrected chi connectivity index (χ0v) is 14.4. The van der Waals surface area contributed by atoms with Gasteiger partial charge in [-0.2, -0.15) is 10.1 Å². The molecule has 0 radical (unpaired) electrons. The van der Waals surface area contributed by atoms with E-state index >= 15 is 0 Å². The van der Waals surface area contributed by atoms with Crippen LogP contribution >= 0.6 is 0 Å². The summed E-state index contributed by atoms with van der Waals surface area (Å²) >= 11 is 0. The summed E-state index contributed by atoms with van der Waals surface area (Å²) in [6.07, 6.45) is 0. The molecule has 3 N–H and O–H groups in total. The summed E-state index contributed by atoms with van der Waals surface area (Å²) in [6.45, 7) is 1.98. The molecule has 0 aliphatic heterocycles. The Morgan fingerprint density at radius 3 is 2.59 bits per heavy atom. The van der Waals surface area contributed by atoms with Gasteiger partial charge < -0.3 is 10.5 Å². The largest absolute Gasteiger partial charge is 0.494 e. The lowest BCUT2D eigenvalue weighted by molar-refractivity contribution is 0.335. The van der Waals surface area contributed by atoms with Crippen molar-refractivity contribution in [3.8, 4) is 17.3 Å². The number of ether oxygens (including phenoxy) is 1. The van der Waals surface area contributed by atoms with Gasteiger partial charge in [-0.15, -0.1) is 5.10 Å². The van der Waals surface area contributed by atoms with Gasteiger partial charge in [0.05, 0.1) is 18.7 Å². The van der Waals surface area contributed by atoms with Crippen LogP contribution < -0.4 is 10.5 Å². The highest BCUT2D eigenvalue weighted by molar-refractivity contribution is 5.91. The normalized spacial score (nSPS) is 11.2. The molecule has 0 amide bonds. The number of halogens is 2. The van der Waals surface area contributed by atoms with E-state index < -0.39 is 11.6 Å². The van der Waals surface area contributed by atoms with Crippen LogP contribution in [0.5, 0.6) is 5.75 Å². The second-order valence-electron chi connectivity index (χ2n) is 5.86. The lowest BCUT2D eigenvalue weighted by Gasteiger charge is -2.09. The third kappa shape index (κ3) is 3.07. The molecule has 9 heteroatoms. The molecule has 2 aromatic carbocycles. The molecule has 0 fully saturated rings. The number of hydrogen-bond donors (Lipinski definition) is 2. The quantitative estimate of drug-likeness (QED) is 0.563. The summed E-state index contributed by atoms with van der Waals surface area (Å²) in [5, 5.41) is 11.8. The smallest absolute Gasteiger partial charge is 0.239 e. The predicted molar refractivity (Wildman–Crippen MR) is 96.2 cm³/mol. The fourth-order valence-electron chi connectivity index (χ4n) is 2.93. The Balaban J connectivity index is 1.79. The molecule has 138 valence electrons. The van der Waals surface area contributed by atoms with Crippen molar-refractivity contribution in [2.45, 2.75) is 13.5 Å². The van der Waals surface area contributed by atoms with Crippen LogP contribution in [0.3, 0.4) is 0 Å². The average Bonchev–Trinajstić information content (AvgIpc) is 3.22. The SMILES string of the molecule is CCOc1cc(F)c(Cn2nc(-c3nc(N)n[nH]3)c3ccccc32)c(F)c1. The number of nitrogens with zero attached hydrogens (tertiary/aromatic N) is 4. The van der Waals surface area contributed by atoms with Crippen molar-refractivity contribution in [3.63, 3.8) is 0 Å². The van der Waals surface area contributed by atoms with E-state index in [-0.39, 0.29) is 23.8 Å². The molecule has 0 saturated carbocycles. The van der Waals surface area contributed by atoms with Crippen molar-refractivity contribution in [1.29, 1.82) is 0 Å². The highest BCUT2D eigenvalue weighted by Crippen LogP contribution is 2.28. The first-order valence-corrected chi connectivity index (χ1v) is 8.31. The molecule has 27 heavy (non-hydrogen) atoms. The van der Waals surface area contributed by atoms with E-state index in [0.29, 0.717) is 23.6 Å². The van der Waals surface area contributed by atoms with E-state index in [2.05, 4.69) is 20.3 Å². The van der Waals surface area contributed by atoms with E-state index in [4.69, 9.17) is 10.5 Å². The van der Waals surface area contributed by atoms with Gasteiger partial charge in [-0.25, -0.2) is 8.78 Å². The van der Waals surface area contributed by atoms with E-state index in [1.165, 1.54) is 16.8 Å². The van der Waals surface area contributed by atoms with E-state index in [9.17, 15) is 8.78 Å². The molecule has 2 aromatic heterocycles. The van der Waals surface area contributed by atoms with Gasteiger partial charge in [-0.3, -0.25) is 9.78 Å². The summed E-state index contributed by atoms with van der Waals surface area (Å²) in [4.78, 5) is 4.09. The van der Waals surface area contributed by atoms with E-state index in [0.717, 1.165) is 5.39 Å². The molecule has 0 saturated heterocycles. The molecule has 7 nitrogen and oxygen atoms in total. The van der Waals surface area contributed by atoms with Crippen molar-refractivity contribution in [2.24, 2.45) is 0 Å². The van der Waals surface area contributed by atoms with Crippen molar-refractivity contribution >= 4 is 16.9 Å². The Morgan fingerprint density at radius 2 is 1.93 bits per heavy atom. The minimum absolute atomic E-state index is 0.0891. The summed E-state index contributed by atoms with van der Waals surface area (Å²) in [5.74, 6) is -0.756. The average molecular weight is 370 g/mol. The first-order chi connectivity index (χ1) is 13.1. The summed E-state index contributed by atoms with van der Waals surface area (Å²) in [6, 6.07) is 9.67. The molecule has 0 aliphatic carbocycles. The molecule has 0 unspecified atom stereocenters. The lowest BCUT2D eigenvalue weighted by atomic mass is 10.1. The van der Waals surface area contributed by atoms with Crippen LogP contribution in [0.4, 0.5) is 14.7 Å². The fourth-order valence-corrected chi connectivity index (χ4v) is 2.93. The van der Waals surface area contributed by atoms with Crippen LogP contribution in [0.1, 0.15) is 12.5 Å². The number of benzene rings is 2. The standard InChI is InChI=1S/C18H16F2N6O/c1-2-27-10-7-13(19)12(14(20)8-10)9-26-15-6-4-3-5-11(15)16(25-26)17-22-18(21)24-23-17/h3-8H,2,9H2,1H3,(H3,21,22,23,24). The number of aromatic amines is 1. The van der Waals surface area contributed by atoms with Gasteiger partial charge in [0.1, 0.15) is 23.1 Å². The number of fused-ring (bicyclic) bond motifs is 1. The monoisotopic (exact) mass is 370 g/mol. The number of para-hydroxylation sites is 1. The van der Waals surface area contributed by atoms with Gasteiger partial charge in [0.15, 0.2) is 5.82 Å². The molecule has 0 aliphatic rings. The molecular weight excluding hydrogens is 354 g/mol. The number of hydrogen-bond acceptors (Lipinski definition) is 5. The highest BCUT2D eigenvalue weighted by Gasteiger charge is 2.18. The first kappa shape index (κ1) is 17.0.